The molecule has 1 unspecified atom stereocenters. The zero-order valence-electron chi connectivity index (χ0n) is 15.1. The minimum absolute atomic E-state index is 0.00418. The largest absolute Gasteiger partial charge is 0.341 e. The molecule has 1 saturated carbocycles. The highest BCUT2D eigenvalue weighted by molar-refractivity contribution is 5.77. The minimum Gasteiger partial charge on any atom is -0.341 e. The van der Waals surface area contributed by atoms with Crippen molar-refractivity contribution in [2.45, 2.75) is 44.6 Å². The summed E-state index contributed by atoms with van der Waals surface area (Å²) in [5.41, 5.74) is 1.19. The van der Waals surface area contributed by atoms with Gasteiger partial charge in [-0.25, -0.2) is 4.79 Å². The van der Waals surface area contributed by atoms with Gasteiger partial charge in [0.2, 0.25) is 5.91 Å². The lowest BCUT2D eigenvalue weighted by atomic mass is 9.85. The second-order valence-corrected chi connectivity index (χ2v) is 7.44. The van der Waals surface area contributed by atoms with Crippen molar-refractivity contribution in [3.63, 3.8) is 0 Å². The first kappa shape index (κ1) is 17.8. The highest BCUT2D eigenvalue weighted by Crippen LogP contribution is 2.26. The van der Waals surface area contributed by atoms with Crippen molar-refractivity contribution in [3.05, 3.63) is 35.9 Å². The number of likely N-dealkylation sites (tertiary alicyclic amines) is 1. The summed E-state index contributed by atoms with van der Waals surface area (Å²) in [6.45, 7) is 2.22. The number of hydrogen-bond donors (Lipinski definition) is 1. The second-order valence-electron chi connectivity index (χ2n) is 7.44. The molecule has 136 valence electrons. The Balaban J connectivity index is 1.38. The topological polar surface area (TPSA) is 52.7 Å². The maximum Gasteiger partial charge on any atom is 0.317 e. The first-order valence-corrected chi connectivity index (χ1v) is 9.45. The van der Waals surface area contributed by atoms with E-state index in [2.05, 4.69) is 17.4 Å². The molecule has 1 aromatic carbocycles. The monoisotopic (exact) mass is 343 g/mol. The summed E-state index contributed by atoms with van der Waals surface area (Å²) >= 11 is 0. The molecule has 1 aliphatic carbocycles. The Morgan fingerprint density at radius 1 is 1.20 bits per heavy atom. The maximum atomic E-state index is 12.4. The van der Waals surface area contributed by atoms with Gasteiger partial charge in [-0.2, -0.15) is 0 Å². The quantitative estimate of drug-likeness (QED) is 0.863. The lowest BCUT2D eigenvalue weighted by Gasteiger charge is -2.30. The van der Waals surface area contributed by atoms with Crippen LogP contribution in [0.3, 0.4) is 0 Å². The number of urea groups is 1. The molecule has 1 saturated heterocycles. The molecule has 0 aromatic heterocycles. The van der Waals surface area contributed by atoms with Crippen LogP contribution in [0, 0.1) is 5.92 Å². The van der Waals surface area contributed by atoms with E-state index in [-0.39, 0.29) is 18.0 Å². The molecule has 25 heavy (non-hydrogen) atoms. The summed E-state index contributed by atoms with van der Waals surface area (Å²) in [5.74, 6) is 0.860. The van der Waals surface area contributed by atoms with Gasteiger partial charge in [0.1, 0.15) is 0 Å². The van der Waals surface area contributed by atoms with Crippen LogP contribution in [-0.2, 0) is 11.2 Å². The van der Waals surface area contributed by atoms with E-state index < -0.39 is 0 Å². The fourth-order valence-corrected chi connectivity index (χ4v) is 3.59. The summed E-state index contributed by atoms with van der Waals surface area (Å²) in [7, 11) is 1.87. The summed E-state index contributed by atoms with van der Waals surface area (Å²) in [6, 6.07) is 10.2. The van der Waals surface area contributed by atoms with Crippen LogP contribution in [-0.4, -0.2) is 54.5 Å². The molecule has 1 atom stereocenters. The average molecular weight is 343 g/mol. The summed E-state index contributed by atoms with van der Waals surface area (Å²) in [5, 5.41) is 3.08. The molecule has 1 aromatic rings. The van der Waals surface area contributed by atoms with Gasteiger partial charge in [0, 0.05) is 39.1 Å². The number of carbonyl (C=O) groups is 2. The molecule has 3 amide bonds. The van der Waals surface area contributed by atoms with Gasteiger partial charge in [0.05, 0.1) is 0 Å². The zero-order chi connectivity index (χ0) is 17.6. The molecule has 0 radical (unpaired) electrons. The van der Waals surface area contributed by atoms with Crippen molar-refractivity contribution < 1.29 is 9.59 Å². The third kappa shape index (κ3) is 4.97. The molecule has 5 heteroatoms. The highest BCUT2D eigenvalue weighted by Gasteiger charge is 2.28. The van der Waals surface area contributed by atoms with E-state index >= 15 is 0 Å². The van der Waals surface area contributed by atoms with E-state index in [0.717, 1.165) is 25.9 Å². The summed E-state index contributed by atoms with van der Waals surface area (Å²) in [4.78, 5) is 28.3. The van der Waals surface area contributed by atoms with E-state index in [1.165, 1.54) is 24.8 Å². The fourth-order valence-electron chi connectivity index (χ4n) is 3.59. The van der Waals surface area contributed by atoms with Crippen LogP contribution < -0.4 is 5.32 Å². The summed E-state index contributed by atoms with van der Waals surface area (Å²) < 4.78 is 0. The van der Waals surface area contributed by atoms with Crippen molar-refractivity contribution in [2.75, 3.05) is 26.7 Å². The number of benzene rings is 1. The highest BCUT2D eigenvalue weighted by atomic mass is 16.2. The molecule has 0 spiro atoms. The average Bonchev–Trinajstić information content (AvgIpc) is 3.05. The molecule has 0 bridgehead atoms. The standard InChI is InChI=1S/C20H29N3O2/c1-22(14-17-8-5-9-17)20(25)21-18-12-13-23(15-18)19(24)11-10-16-6-3-2-4-7-16/h2-4,6-7,17-18H,5,8-15H2,1H3,(H,21,25). The Morgan fingerprint density at radius 3 is 2.64 bits per heavy atom. The van der Waals surface area contributed by atoms with Gasteiger partial charge in [-0.05, 0) is 37.2 Å². The second kappa shape index (κ2) is 8.37. The Kier molecular flexibility index (Phi) is 5.95. The van der Waals surface area contributed by atoms with E-state index in [9.17, 15) is 9.59 Å². The lowest BCUT2D eigenvalue weighted by Crippen LogP contribution is -2.46. The number of hydrogen-bond acceptors (Lipinski definition) is 2. The molecule has 2 aliphatic rings. The van der Waals surface area contributed by atoms with Crippen LogP contribution in [0.1, 0.15) is 37.7 Å². The van der Waals surface area contributed by atoms with E-state index in [1.807, 2.05) is 30.1 Å². The number of nitrogens with one attached hydrogen (secondary N) is 1. The Hall–Kier alpha value is -2.04. The van der Waals surface area contributed by atoms with E-state index in [1.54, 1.807) is 4.90 Å². The van der Waals surface area contributed by atoms with Gasteiger partial charge in [-0.3, -0.25) is 4.79 Å². The normalized spacial score (nSPS) is 20.2. The molecule has 5 nitrogen and oxygen atoms in total. The predicted molar refractivity (Wildman–Crippen MR) is 98.3 cm³/mol. The third-order valence-corrected chi connectivity index (χ3v) is 5.44. The first-order chi connectivity index (χ1) is 12.1. The minimum atomic E-state index is -0.00418. The van der Waals surface area contributed by atoms with Crippen LogP contribution in [0.4, 0.5) is 4.79 Å². The van der Waals surface area contributed by atoms with Gasteiger partial charge in [0.15, 0.2) is 0 Å². The fraction of sp³-hybridized carbons (Fsp3) is 0.600. The molecular formula is C20H29N3O2. The van der Waals surface area contributed by atoms with Crippen molar-refractivity contribution >= 4 is 11.9 Å². The Bertz CT molecular complexity index is 586. The number of rotatable bonds is 6. The molecule has 2 fully saturated rings. The van der Waals surface area contributed by atoms with Crippen LogP contribution in [0.2, 0.25) is 0 Å². The molecular weight excluding hydrogens is 314 g/mol. The van der Waals surface area contributed by atoms with Crippen LogP contribution in [0.5, 0.6) is 0 Å². The lowest BCUT2D eigenvalue weighted by molar-refractivity contribution is -0.130. The van der Waals surface area contributed by atoms with Gasteiger partial charge in [0.25, 0.3) is 0 Å². The number of nitrogens with zero attached hydrogens (tertiary/aromatic N) is 2. The molecule has 1 heterocycles. The Labute approximate surface area is 150 Å². The van der Waals surface area contributed by atoms with Crippen molar-refractivity contribution in [1.29, 1.82) is 0 Å². The Morgan fingerprint density at radius 2 is 1.96 bits per heavy atom. The number of aryl methyl sites for hydroxylation is 1. The van der Waals surface area contributed by atoms with Crippen LogP contribution in [0.25, 0.3) is 0 Å². The molecule has 1 aliphatic heterocycles. The molecule has 1 N–H and O–H groups in total. The maximum absolute atomic E-state index is 12.4. The number of carbonyl (C=O) groups excluding carboxylic acids is 2. The van der Waals surface area contributed by atoms with Crippen molar-refractivity contribution in [3.8, 4) is 0 Å². The third-order valence-electron chi connectivity index (χ3n) is 5.44. The van der Waals surface area contributed by atoms with Gasteiger partial charge in [-0.1, -0.05) is 36.8 Å². The SMILES string of the molecule is CN(CC1CCC1)C(=O)NC1CCN(C(=O)CCc2ccccc2)C1. The van der Waals surface area contributed by atoms with Gasteiger partial charge < -0.3 is 15.1 Å². The van der Waals surface area contributed by atoms with Crippen molar-refractivity contribution in [1.82, 2.24) is 15.1 Å². The zero-order valence-corrected chi connectivity index (χ0v) is 15.1. The summed E-state index contributed by atoms with van der Waals surface area (Å²) in [6.07, 6.45) is 5.93. The number of amides is 3. The van der Waals surface area contributed by atoms with Crippen LogP contribution in [0.15, 0.2) is 30.3 Å². The van der Waals surface area contributed by atoms with Crippen LogP contribution >= 0.6 is 0 Å². The molecule has 3 rings (SSSR count). The van der Waals surface area contributed by atoms with E-state index in [0.29, 0.717) is 18.9 Å². The van der Waals surface area contributed by atoms with E-state index in [4.69, 9.17) is 0 Å². The van der Waals surface area contributed by atoms with Gasteiger partial charge in [-0.15, -0.1) is 0 Å². The predicted octanol–water partition coefficient (Wildman–Crippen LogP) is 2.66. The van der Waals surface area contributed by atoms with Gasteiger partial charge >= 0.3 is 6.03 Å². The van der Waals surface area contributed by atoms with Crippen molar-refractivity contribution in [2.24, 2.45) is 5.92 Å². The first-order valence-electron chi connectivity index (χ1n) is 9.45. The smallest absolute Gasteiger partial charge is 0.317 e.